The van der Waals surface area contributed by atoms with Crippen LogP contribution in [0.4, 0.5) is 5.69 Å². The molecule has 0 saturated carbocycles. The summed E-state index contributed by atoms with van der Waals surface area (Å²) >= 11 is 7.22. The number of nitrogens with one attached hydrogen (secondary N) is 2. The number of halogens is 2. The van der Waals surface area contributed by atoms with Gasteiger partial charge in [-0.25, -0.2) is 0 Å². The molecule has 8 heteroatoms. The van der Waals surface area contributed by atoms with Gasteiger partial charge in [-0.15, -0.1) is 0 Å². The van der Waals surface area contributed by atoms with E-state index in [-0.39, 0.29) is 16.2 Å². The Morgan fingerprint density at radius 1 is 1.12 bits per heavy atom. The summed E-state index contributed by atoms with van der Waals surface area (Å²) in [5, 5.41) is 15.2. The summed E-state index contributed by atoms with van der Waals surface area (Å²) < 4.78 is 4.30. The van der Waals surface area contributed by atoms with Gasteiger partial charge in [0.2, 0.25) is 0 Å². The summed E-state index contributed by atoms with van der Waals surface area (Å²) in [6, 6.07) is 9.82. The van der Waals surface area contributed by atoms with E-state index in [1.165, 1.54) is 6.07 Å². The Morgan fingerprint density at radius 3 is 2.32 bits per heavy atom. The highest BCUT2D eigenvalue weighted by atomic mass is 79.9. The number of quaternary nitrogens is 1. The second-order valence-electron chi connectivity index (χ2n) is 5.92. The van der Waals surface area contributed by atoms with Gasteiger partial charge in [-0.2, -0.15) is 0 Å². The Morgan fingerprint density at radius 2 is 1.72 bits per heavy atom. The van der Waals surface area contributed by atoms with Gasteiger partial charge in [0.1, 0.15) is 17.5 Å². The van der Waals surface area contributed by atoms with Gasteiger partial charge < -0.3 is 15.0 Å². The molecule has 2 aromatic rings. The molecule has 2 amide bonds. The van der Waals surface area contributed by atoms with Crippen LogP contribution in [0, 0.1) is 5.21 Å². The number of hydrogen-bond donors (Lipinski definition) is 2. The first-order chi connectivity index (χ1) is 11.8. The molecular formula is C17H12Br2N2O4. The lowest BCUT2D eigenvalue weighted by molar-refractivity contribution is -0.807. The monoisotopic (exact) mass is 466 g/mol. The molecule has 0 aromatic heterocycles. The maximum absolute atomic E-state index is 13.0. The van der Waals surface area contributed by atoms with Crippen molar-refractivity contribution in [3.05, 3.63) is 63.9 Å². The van der Waals surface area contributed by atoms with Crippen molar-refractivity contribution in [1.82, 2.24) is 5.32 Å². The van der Waals surface area contributed by atoms with Crippen LogP contribution in [-0.4, -0.2) is 18.9 Å². The van der Waals surface area contributed by atoms with Gasteiger partial charge >= 0.3 is 0 Å². The summed E-state index contributed by atoms with van der Waals surface area (Å²) in [4.78, 5) is 23.8. The molecule has 2 aromatic carbocycles. The van der Waals surface area contributed by atoms with E-state index in [0.717, 1.165) is 5.56 Å². The lowest BCUT2D eigenvalue weighted by atomic mass is 9.99. The first-order valence-electron chi connectivity index (χ1n) is 7.44. The minimum atomic E-state index is -0.859. The van der Waals surface area contributed by atoms with Gasteiger partial charge in [-0.3, -0.25) is 14.9 Å². The van der Waals surface area contributed by atoms with Crippen LogP contribution in [0.1, 0.15) is 37.9 Å². The molecular weight excluding hydrogens is 456 g/mol. The van der Waals surface area contributed by atoms with Crippen molar-refractivity contribution in [2.75, 3.05) is 7.11 Å². The molecule has 2 N–H and O–H groups in total. The number of benzene rings is 2. The Hall–Kier alpha value is -1.74. The van der Waals surface area contributed by atoms with Crippen LogP contribution >= 0.6 is 31.9 Å². The maximum atomic E-state index is 13.0. The minimum absolute atomic E-state index is 0.121. The summed E-state index contributed by atoms with van der Waals surface area (Å²) in [5.41, 5.74) is 2.39. The van der Waals surface area contributed by atoms with Gasteiger partial charge in [0, 0.05) is 17.2 Å². The minimum Gasteiger partial charge on any atom is -0.628 e. The third-order valence-corrected chi connectivity index (χ3v) is 6.34. The number of carbonyl (C=O) groups excluding carboxylic acids is 2. The number of amides is 2. The fourth-order valence-corrected chi connectivity index (χ4v) is 4.93. The van der Waals surface area contributed by atoms with E-state index in [0.29, 0.717) is 17.0 Å². The van der Waals surface area contributed by atoms with Gasteiger partial charge in [-0.1, -0.05) is 31.9 Å². The molecule has 128 valence electrons. The largest absolute Gasteiger partial charge is 0.628 e. The zero-order valence-electron chi connectivity index (χ0n) is 12.9. The van der Waals surface area contributed by atoms with E-state index in [2.05, 4.69) is 37.2 Å². The van der Waals surface area contributed by atoms with Crippen LogP contribution in [0.2, 0.25) is 0 Å². The first-order valence-corrected chi connectivity index (χ1v) is 9.03. The third kappa shape index (κ3) is 2.36. The Balaban J connectivity index is 1.84. The number of ether oxygens (including phenoxy) is 1. The maximum Gasteiger partial charge on any atom is 0.259 e. The van der Waals surface area contributed by atoms with Crippen LogP contribution in [0.15, 0.2) is 36.4 Å². The van der Waals surface area contributed by atoms with E-state index in [1.807, 2.05) is 12.1 Å². The lowest BCUT2D eigenvalue weighted by Gasteiger charge is -2.30. The summed E-state index contributed by atoms with van der Waals surface area (Å²) in [5.74, 6) is -0.222. The highest BCUT2D eigenvalue weighted by Crippen LogP contribution is 2.54. The van der Waals surface area contributed by atoms with Crippen LogP contribution in [-0.2, 0) is 3.23 Å². The molecule has 4 rings (SSSR count). The van der Waals surface area contributed by atoms with Crippen molar-refractivity contribution in [2.24, 2.45) is 0 Å². The average molecular weight is 468 g/mol. The zero-order chi connectivity index (χ0) is 17.9. The van der Waals surface area contributed by atoms with E-state index in [1.54, 1.807) is 25.3 Å². The normalized spacial score (nSPS) is 23.2. The number of alkyl halides is 2. The molecule has 2 aliphatic heterocycles. The third-order valence-electron chi connectivity index (χ3n) is 4.57. The molecule has 2 atom stereocenters. The van der Waals surface area contributed by atoms with E-state index < -0.39 is 21.1 Å². The molecule has 25 heavy (non-hydrogen) atoms. The quantitative estimate of drug-likeness (QED) is 0.403. The lowest BCUT2D eigenvalue weighted by Crippen LogP contribution is -3.01. The van der Waals surface area contributed by atoms with E-state index in [4.69, 9.17) is 4.74 Å². The first kappa shape index (κ1) is 16.7. The molecule has 0 aliphatic carbocycles. The zero-order valence-corrected chi connectivity index (χ0v) is 16.1. The Labute approximate surface area is 160 Å². The standard InChI is InChI=1S/C17H12Br2N2O4/c1-25-9-4-2-8(3-5-9)14-17(18,19)12-6-10-11(7-13(12)21(14)24)16(23)20-15(10)22/h2-7,14,21H,1H3,(H,20,22,23). The predicted octanol–water partition coefficient (Wildman–Crippen LogP) is 2.29. The molecule has 0 fully saturated rings. The van der Waals surface area contributed by atoms with E-state index >= 15 is 0 Å². The van der Waals surface area contributed by atoms with Crippen molar-refractivity contribution in [1.29, 1.82) is 0 Å². The Bertz CT molecular complexity index is 912. The van der Waals surface area contributed by atoms with Crippen LogP contribution in [0.5, 0.6) is 5.75 Å². The summed E-state index contributed by atoms with van der Waals surface area (Å²) in [7, 11) is 1.58. The number of methoxy groups -OCH3 is 1. The van der Waals surface area contributed by atoms with Crippen molar-refractivity contribution >= 4 is 49.4 Å². The molecule has 2 aliphatic rings. The fourth-order valence-electron chi connectivity index (χ4n) is 3.33. The summed E-state index contributed by atoms with van der Waals surface area (Å²) in [6.07, 6.45) is 0. The second kappa shape index (κ2) is 5.63. The predicted molar refractivity (Wildman–Crippen MR) is 97.5 cm³/mol. The number of hydrogen-bond acceptors (Lipinski definition) is 4. The highest BCUT2D eigenvalue weighted by Gasteiger charge is 2.52. The van der Waals surface area contributed by atoms with Gasteiger partial charge in [-0.05, 0) is 30.3 Å². The molecule has 2 heterocycles. The van der Waals surface area contributed by atoms with Crippen molar-refractivity contribution < 1.29 is 19.4 Å². The van der Waals surface area contributed by atoms with Crippen LogP contribution < -0.4 is 15.1 Å². The molecule has 0 spiro atoms. The molecule has 2 unspecified atom stereocenters. The highest BCUT2D eigenvalue weighted by molar-refractivity contribution is 9.24. The molecule has 0 radical (unpaired) electrons. The Kier molecular flexibility index (Phi) is 3.77. The molecule has 0 bridgehead atoms. The second-order valence-corrected chi connectivity index (χ2v) is 9.49. The molecule has 6 nitrogen and oxygen atoms in total. The number of rotatable bonds is 2. The van der Waals surface area contributed by atoms with Crippen molar-refractivity contribution in [2.45, 2.75) is 9.28 Å². The van der Waals surface area contributed by atoms with Crippen LogP contribution in [0.3, 0.4) is 0 Å². The number of fused-ring (bicyclic) bond motifs is 2. The summed E-state index contributed by atoms with van der Waals surface area (Å²) in [6.45, 7) is 0. The number of imide groups is 1. The van der Waals surface area contributed by atoms with Gasteiger partial charge in [0.25, 0.3) is 11.8 Å². The number of hydroxylamine groups is 1. The average Bonchev–Trinajstić information content (AvgIpc) is 2.98. The van der Waals surface area contributed by atoms with E-state index in [9.17, 15) is 14.8 Å². The smallest absolute Gasteiger partial charge is 0.259 e. The SMILES string of the molecule is COc1ccc(C2[NH+]([O-])c3cc4c(cc3C2(Br)Br)C(=O)NC4=O)cc1. The van der Waals surface area contributed by atoms with Crippen LogP contribution in [0.25, 0.3) is 0 Å². The number of carbonyl (C=O) groups is 2. The topological polar surface area (TPSA) is 82.9 Å². The van der Waals surface area contributed by atoms with Crippen molar-refractivity contribution in [3.8, 4) is 5.75 Å². The van der Waals surface area contributed by atoms with Gasteiger partial charge in [0.05, 0.1) is 18.2 Å². The van der Waals surface area contributed by atoms with Crippen molar-refractivity contribution in [3.63, 3.8) is 0 Å². The molecule has 0 saturated heterocycles. The van der Waals surface area contributed by atoms with Gasteiger partial charge in [0.15, 0.2) is 3.23 Å². The fraction of sp³-hybridized carbons (Fsp3) is 0.176.